The minimum atomic E-state index is 0.895. The van der Waals surface area contributed by atoms with Crippen molar-refractivity contribution in [1.82, 2.24) is 0 Å². The van der Waals surface area contributed by atoms with Crippen LogP contribution in [0.1, 0.15) is 45.4 Å². The molecule has 1 aromatic rings. The van der Waals surface area contributed by atoms with E-state index in [1.165, 1.54) is 37.0 Å². The first kappa shape index (κ1) is 14.7. The predicted octanol–water partition coefficient (Wildman–Crippen LogP) is 6.22. The summed E-state index contributed by atoms with van der Waals surface area (Å²) in [7, 11) is 0. The summed E-state index contributed by atoms with van der Waals surface area (Å²) >= 11 is 7.82. The molecule has 0 saturated carbocycles. The van der Waals surface area contributed by atoms with Crippen LogP contribution in [-0.2, 0) is 0 Å². The van der Waals surface area contributed by atoms with Crippen molar-refractivity contribution < 1.29 is 0 Å². The Hall–Kier alpha value is -0.400. The van der Waals surface area contributed by atoms with Gasteiger partial charge in [0.05, 0.1) is 4.36 Å². The minimum Gasteiger partial charge on any atom is -0.0780 e. The third-order valence-electron chi connectivity index (χ3n) is 2.57. The van der Waals surface area contributed by atoms with Crippen molar-refractivity contribution in [2.24, 2.45) is 0 Å². The molecule has 0 saturated heterocycles. The second-order valence-electron chi connectivity index (χ2n) is 4.13. The molecule has 0 aliphatic carbocycles. The van der Waals surface area contributed by atoms with Gasteiger partial charge in [-0.25, -0.2) is 0 Å². The lowest BCUT2D eigenvalue weighted by Crippen LogP contribution is -1.76. The molecule has 0 unspecified atom stereocenters. The topological polar surface area (TPSA) is 0 Å². The molecule has 0 atom stereocenters. The molecule has 0 amide bonds. The van der Waals surface area contributed by atoms with Crippen molar-refractivity contribution in [3.63, 3.8) is 0 Å². The van der Waals surface area contributed by atoms with Gasteiger partial charge in [-0.3, -0.25) is 0 Å². The van der Waals surface area contributed by atoms with Crippen molar-refractivity contribution in [3.8, 4) is 0 Å². The van der Waals surface area contributed by atoms with Crippen molar-refractivity contribution in [2.75, 3.05) is 0 Å². The first-order valence-electron chi connectivity index (χ1n) is 6.41. The molecule has 1 aromatic carbocycles. The molecule has 0 radical (unpaired) electrons. The highest BCUT2D eigenvalue weighted by Crippen LogP contribution is 2.29. The number of allylic oxidation sites excluding steroid dienone is 1. The van der Waals surface area contributed by atoms with Crippen LogP contribution < -0.4 is 0 Å². The zero-order valence-corrected chi connectivity index (χ0v) is 12.1. The minimum absolute atomic E-state index is 0.895. The van der Waals surface area contributed by atoms with Crippen molar-refractivity contribution in [2.45, 2.75) is 50.3 Å². The van der Waals surface area contributed by atoms with E-state index < -0.39 is 0 Å². The van der Waals surface area contributed by atoms with E-state index in [4.69, 9.17) is 11.6 Å². The van der Waals surface area contributed by atoms with Crippen molar-refractivity contribution in [1.29, 1.82) is 0 Å². The molecule has 0 bridgehead atoms. The van der Waals surface area contributed by atoms with Crippen LogP contribution in [0.5, 0.6) is 0 Å². The van der Waals surface area contributed by atoms with E-state index in [0.717, 1.165) is 10.8 Å². The fourth-order valence-electron chi connectivity index (χ4n) is 1.61. The van der Waals surface area contributed by atoms with Crippen LogP contribution in [0.25, 0.3) is 0 Å². The van der Waals surface area contributed by atoms with Crippen LogP contribution in [0.3, 0.4) is 0 Å². The largest absolute Gasteiger partial charge is 0.0780 e. The van der Waals surface area contributed by atoms with Gasteiger partial charge in [0.25, 0.3) is 0 Å². The molecule has 0 aromatic heterocycles. The number of unbranched alkanes of at least 4 members (excludes halogenated alkanes) is 5. The fourth-order valence-corrected chi connectivity index (χ4v) is 2.70. The third-order valence-corrected chi connectivity index (χ3v) is 3.83. The zero-order chi connectivity index (χ0) is 12.3. The first-order valence-corrected chi connectivity index (χ1v) is 7.61. The lowest BCUT2D eigenvalue weighted by molar-refractivity contribution is 0.637. The Balaban J connectivity index is 2.17. The highest BCUT2D eigenvalue weighted by atomic mass is 35.5. The zero-order valence-electron chi connectivity index (χ0n) is 10.5. The quantitative estimate of drug-likeness (QED) is 0.398. The molecular weight excluding hydrogens is 248 g/mol. The third kappa shape index (κ3) is 7.51. The van der Waals surface area contributed by atoms with Gasteiger partial charge < -0.3 is 0 Å². The Morgan fingerprint density at radius 1 is 1.12 bits per heavy atom. The molecule has 0 N–H and O–H groups in total. The molecule has 0 heterocycles. The van der Waals surface area contributed by atoms with Gasteiger partial charge in [-0.1, -0.05) is 80.2 Å². The number of halogens is 1. The van der Waals surface area contributed by atoms with E-state index in [1.807, 2.05) is 18.2 Å². The smallest absolute Gasteiger partial charge is 0.0742 e. The first-order chi connectivity index (χ1) is 8.33. The Bertz CT molecular complexity index is 319. The lowest BCUT2D eigenvalue weighted by atomic mass is 10.1. The van der Waals surface area contributed by atoms with E-state index in [2.05, 4.69) is 25.1 Å². The Labute approximate surface area is 114 Å². The van der Waals surface area contributed by atoms with E-state index in [0.29, 0.717) is 0 Å². The second-order valence-corrected chi connectivity index (χ2v) is 5.87. The van der Waals surface area contributed by atoms with Crippen LogP contribution in [0.15, 0.2) is 45.7 Å². The molecule has 0 fully saturated rings. The van der Waals surface area contributed by atoms with Gasteiger partial charge in [-0.2, -0.15) is 0 Å². The van der Waals surface area contributed by atoms with E-state index in [9.17, 15) is 0 Å². The predicted molar refractivity (Wildman–Crippen MR) is 79.6 cm³/mol. The number of hydrogen-bond donors (Lipinski definition) is 0. The maximum Gasteiger partial charge on any atom is 0.0742 e. The number of thioether (sulfide) groups is 1. The monoisotopic (exact) mass is 268 g/mol. The highest BCUT2D eigenvalue weighted by molar-refractivity contribution is 8.04. The molecule has 0 aliphatic heterocycles. The number of benzene rings is 1. The van der Waals surface area contributed by atoms with Gasteiger partial charge in [-0.15, -0.1) is 0 Å². The molecule has 17 heavy (non-hydrogen) atoms. The van der Waals surface area contributed by atoms with E-state index in [-0.39, 0.29) is 0 Å². The molecular formula is C15H21ClS. The molecule has 0 nitrogen and oxygen atoms in total. The van der Waals surface area contributed by atoms with E-state index in [1.54, 1.807) is 11.8 Å². The van der Waals surface area contributed by atoms with Crippen LogP contribution in [0, 0.1) is 0 Å². The van der Waals surface area contributed by atoms with Crippen molar-refractivity contribution in [3.05, 3.63) is 40.8 Å². The summed E-state index contributed by atoms with van der Waals surface area (Å²) in [5.41, 5.74) is 0. The fraction of sp³-hybridized carbons (Fsp3) is 0.467. The SMILES string of the molecule is CCCCCCC/C=C(/Cl)Sc1ccccc1. The summed E-state index contributed by atoms with van der Waals surface area (Å²) in [4.78, 5) is 1.21. The van der Waals surface area contributed by atoms with Gasteiger partial charge >= 0.3 is 0 Å². The average molecular weight is 269 g/mol. The number of rotatable bonds is 8. The average Bonchev–Trinajstić information content (AvgIpc) is 2.35. The number of hydrogen-bond acceptors (Lipinski definition) is 1. The van der Waals surface area contributed by atoms with Gasteiger partial charge in [0.15, 0.2) is 0 Å². The van der Waals surface area contributed by atoms with E-state index >= 15 is 0 Å². The molecule has 1 rings (SSSR count). The van der Waals surface area contributed by atoms with Crippen LogP contribution in [0.4, 0.5) is 0 Å². The molecule has 2 heteroatoms. The normalized spacial score (nSPS) is 11.8. The lowest BCUT2D eigenvalue weighted by Gasteiger charge is -2.00. The van der Waals surface area contributed by atoms with Gasteiger partial charge in [0, 0.05) is 4.90 Å². The Morgan fingerprint density at radius 3 is 2.53 bits per heavy atom. The summed E-state index contributed by atoms with van der Waals surface area (Å²) in [5, 5.41) is 0. The molecule has 0 spiro atoms. The second kappa shape index (κ2) is 9.61. The van der Waals surface area contributed by atoms with Crippen molar-refractivity contribution >= 4 is 23.4 Å². The van der Waals surface area contributed by atoms with Gasteiger partial charge in [-0.05, 0) is 25.0 Å². The maximum atomic E-state index is 6.18. The molecule has 94 valence electrons. The summed E-state index contributed by atoms with van der Waals surface area (Å²) in [5.74, 6) is 0. The van der Waals surface area contributed by atoms with Crippen LogP contribution in [0.2, 0.25) is 0 Å². The highest BCUT2D eigenvalue weighted by Gasteiger charge is 1.96. The summed E-state index contributed by atoms with van der Waals surface area (Å²) in [6.45, 7) is 2.24. The van der Waals surface area contributed by atoms with Gasteiger partial charge in [0.2, 0.25) is 0 Å². The van der Waals surface area contributed by atoms with Crippen LogP contribution >= 0.6 is 23.4 Å². The molecule has 0 aliphatic rings. The Morgan fingerprint density at radius 2 is 1.82 bits per heavy atom. The standard InChI is InChI=1S/C15H21ClS/c1-2-3-4-5-6-10-13-15(16)17-14-11-8-7-9-12-14/h7-9,11-13H,2-6,10H2,1H3/b15-13-. The van der Waals surface area contributed by atoms with Crippen LogP contribution in [-0.4, -0.2) is 0 Å². The maximum absolute atomic E-state index is 6.18. The summed E-state index contributed by atoms with van der Waals surface area (Å²) in [6.07, 6.45) is 9.84. The van der Waals surface area contributed by atoms with Gasteiger partial charge in [0.1, 0.15) is 0 Å². The Kier molecular flexibility index (Phi) is 8.29. The summed E-state index contributed by atoms with van der Waals surface area (Å²) in [6, 6.07) is 10.3. The summed E-state index contributed by atoms with van der Waals surface area (Å²) < 4.78 is 0.895.